The first-order valence-corrected chi connectivity index (χ1v) is 17.2. The van der Waals surface area contributed by atoms with E-state index in [1.165, 1.54) is 38.4 Å². The zero-order valence-corrected chi connectivity index (χ0v) is 27.7. The van der Waals surface area contributed by atoms with Crippen molar-refractivity contribution in [1.82, 2.24) is 25.1 Å². The summed E-state index contributed by atoms with van der Waals surface area (Å²) in [4.78, 5) is 13.0. The number of anilines is 2. The highest BCUT2D eigenvalue weighted by Gasteiger charge is 2.40. The largest absolute Gasteiger partial charge is 0.487 e. The maximum atomic E-state index is 10.2. The van der Waals surface area contributed by atoms with Crippen molar-refractivity contribution >= 4 is 18.0 Å². The molecule has 2 bridgehead atoms. The van der Waals surface area contributed by atoms with Crippen LogP contribution in [-0.4, -0.2) is 81.3 Å². The van der Waals surface area contributed by atoms with Crippen LogP contribution in [0.1, 0.15) is 82.7 Å². The van der Waals surface area contributed by atoms with Crippen LogP contribution in [0.15, 0.2) is 41.8 Å². The van der Waals surface area contributed by atoms with Crippen molar-refractivity contribution in [2.24, 2.45) is 10.7 Å². The molecule has 7 rings (SSSR count). The molecular formula is C35H47N9O4. The molecule has 13 heteroatoms. The zero-order valence-electron chi connectivity index (χ0n) is 27.7. The van der Waals surface area contributed by atoms with Gasteiger partial charge in [-0.1, -0.05) is 25.3 Å². The Kier molecular flexibility index (Phi) is 11.1. The molecule has 256 valence electrons. The minimum Gasteiger partial charge on any atom is -0.487 e. The van der Waals surface area contributed by atoms with Crippen LogP contribution in [-0.2, 0) is 4.74 Å². The normalized spacial score (nSPS) is 21.9. The molecule has 2 aromatic heterocycles. The fourth-order valence-corrected chi connectivity index (χ4v) is 6.37. The Morgan fingerprint density at radius 3 is 2.58 bits per heavy atom. The first-order valence-electron chi connectivity index (χ1n) is 17.2. The van der Waals surface area contributed by atoms with Gasteiger partial charge in [-0.15, -0.1) is 5.10 Å². The lowest BCUT2D eigenvalue weighted by molar-refractivity contribution is 0.0728. The van der Waals surface area contributed by atoms with Gasteiger partial charge in [-0.05, 0) is 63.1 Å². The number of fused-ring (bicyclic) bond motifs is 2. The molecule has 0 amide bonds. The number of benzene rings is 1. The Bertz CT molecular complexity index is 1550. The third-order valence-corrected chi connectivity index (χ3v) is 9.38. The maximum Gasteiger partial charge on any atom is 0.256 e. The summed E-state index contributed by atoms with van der Waals surface area (Å²) < 4.78 is 19.2. The lowest BCUT2D eigenvalue weighted by atomic mass is 9.96. The highest BCUT2D eigenvalue weighted by Crippen LogP contribution is 2.39. The maximum absolute atomic E-state index is 10.2. The van der Waals surface area contributed by atoms with E-state index < -0.39 is 5.60 Å². The minimum absolute atomic E-state index is 0.247. The first-order chi connectivity index (χ1) is 23.4. The van der Waals surface area contributed by atoms with Gasteiger partial charge >= 0.3 is 0 Å². The Balaban J connectivity index is 0.000000433. The number of morpholine rings is 1. The van der Waals surface area contributed by atoms with Gasteiger partial charge in [0, 0.05) is 36.5 Å². The summed E-state index contributed by atoms with van der Waals surface area (Å²) in [7, 11) is 0. The molecule has 2 unspecified atom stereocenters. The van der Waals surface area contributed by atoms with Crippen LogP contribution in [0.2, 0.25) is 0 Å². The molecule has 3 atom stereocenters. The lowest BCUT2D eigenvalue weighted by Gasteiger charge is -2.21. The molecule has 0 radical (unpaired) electrons. The number of rotatable bonds is 12. The smallest absolute Gasteiger partial charge is 0.256 e. The Morgan fingerprint density at radius 1 is 1.17 bits per heavy atom. The summed E-state index contributed by atoms with van der Waals surface area (Å²) in [5.41, 5.74) is 7.48. The van der Waals surface area contributed by atoms with Gasteiger partial charge in [-0.3, -0.25) is 9.67 Å². The Labute approximate surface area is 281 Å². The van der Waals surface area contributed by atoms with Gasteiger partial charge in [-0.25, -0.2) is 9.97 Å². The second-order valence-corrected chi connectivity index (χ2v) is 13.3. The van der Waals surface area contributed by atoms with Crippen molar-refractivity contribution in [3.63, 3.8) is 0 Å². The van der Waals surface area contributed by atoms with Crippen molar-refractivity contribution in [1.29, 1.82) is 5.26 Å². The Morgan fingerprint density at radius 2 is 1.92 bits per heavy atom. The van der Waals surface area contributed by atoms with Crippen molar-refractivity contribution < 1.29 is 19.3 Å². The summed E-state index contributed by atoms with van der Waals surface area (Å²) in [6.45, 7) is 4.53. The fraction of sp³-hybridized carbons (Fsp3) is 0.571. The molecule has 2 aliphatic heterocycles. The minimum atomic E-state index is -0.578. The number of hydrogen-bond acceptors (Lipinski definition) is 11. The number of aromatic nitrogens is 4. The molecule has 5 N–H and O–H groups in total. The third-order valence-electron chi connectivity index (χ3n) is 9.38. The van der Waals surface area contributed by atoms with Gasteiger partial charge in [0.25, 0.3) is 5.88 Å². The van der Waals surface area contributed by atoms with Gasteiger partial charge in [-0.2, -0.15) is 5.26 Å². The molecule has 4 aliphatic rings. The Hall–Kier alpha value is -4.25. The quantitative estimate of drug-likeness (QED) is 0.157. The summed E-state index contributed by atoms with van der Waals surface area (Å²) >= 11 is 0. The lowest BCUT2D eigenvalue weighted by Crippen LogP contribution is -2.41. The number of hydrogen-bond donors (Lipinski definition) is 4. The van der Waals surface area contributed by atoms with E-state index in [4.69, 9.17) is 25.0 Å². The van der Waals surface area contributed by atoms with Gasteiger partial charge in [0.1, 0.15) is 23.6 Å². The molecule has 48 heavy (non-hydrogen) atoms. The summed E-state index contributed by atoms with van der Waals surface area (Å²) in [6.07, 6.45) is 17.1. The van der Waals surface area contributed by atoms with Crippen molar-refractivity contribution in [2.45, 2.75) is 101 Å². The van der Waals surface area contributed by atoms with Crippen LogP contribution in [0, 0.1) is 11.3 Å². The molecule has 3 aromatic rings. The molecule has 13 nitrogen and oxygen atoms in total. The summed E-state index contributed by atoms with van der Waals surface area (Å²) in [5.74, 6) is 1.37. The second-order valence-electron chi connectivity index (χ2n) is 13.3. The highest BCUT2D eigenvalue weighted by molar-refractivity contribution is 5.67. The first kappa shape index (κ1) is 33.6. The van der Waals surface area contributed by atoms with Gasteiger partial charge in [0.05, 0.1) is 56.1 Å². The van der Waals surface area contributed by atoms with Crippen LogP contribution in [0.5, 0.6) is 11.6 Å². The molecule has 0 spiro atoms. The monoisotopic (exact) mass is 657 g/mol. The molecule has 2 saturated heterocycles. The van der Waals surface area contributed by atoms with E-state index in [1.54, 1.807) is 24.5 Å². The van der Waals surface area contributed by atoms with Gasteiger partial charge < -0.3 is 35.7 Å². The second kappa shape index (κ2) is 15.8. The molecule has 4 heterocycles. The molecule has 1 aromatic carbocycles. The SMILES string of the molecule is C1CC2COCC1N2.C[C@@H](CN=CN)Oc1cc(-c2cnc(Nc3cn(C4CCCCC4)nc3OCCC3(O)CC3)nc2)ccc1C#N. The van der Waals surface area contributed by atoms with Crippen molar-refractivity contribution in [3.8, 4) is 28.8 Å². The number of nitriles is 1. The van der Waals surface area contributed by atoms with E-state index in [2.05, 4.69) is 31.7 Å². The average Bonchev–Trinajstić information content (AvgIpc) is 3.58. The zero-order chi connectivity index (χ0) is 33.3. The van der Waals surface area contributed by atoms with Crippen LogP contribution in [0.4, 0.5) is 11.6 Å². The predicted octanol–water partition coefficient (Wildman–Crippen LogP) is 4.65. The van der Waals surface area contributed by atoms with E-state index in [1.807, 2.05) is 23.9 Å². The third kappa shape index (κ3) is 9.00. The predicted molar refractivity (Wildman–Crippen MR) is 183 cm³/mol. The number of nitrogens with two attached hydrogens (primary N) is 1. The topological polar surface area (TPSA) is 178 Å². The van der Waals surface area contributed by atoms with E-state index in [0.29, 0.717) is 66.5 Å². The number of nitrogens with zero attached hydrogens (tertiary/aromatic N) is 6. The van der Waals surface area contributed by atoms with E-state index in [0.717, 1.165) is 50.0 Å². The van der Waals surface area contributed by atoms with E-state index >= 15 is 0 Å². The van der Waals surface area contributed by atoms with Gasteiger partial charge in [0.15, 0.2) is 0 Å². The molecular weight excluding hydrogens is 610 g/mol. The average molecular weight is 658 g/mol. The summed E-state index contributed by atoms with van der Waals surface area (Å²) in [6, 6.07) is 9.26. The number of aliphatic hydroxyl groups is 1. The van der Waals surface area contributed by atoms with Crippen LogP contribution < -0.4 is 25.8 Å². The van der Waals surface area contributed by atoms with E-state index in [9.17, 15) is 10.4 Å². The number of ether oxygens (including phenoxy) is 3. The van der Waals surface area contributed by atoms with Crippen molar-refractivity contribution in [3.05, 3.63) is 42.4 Å². The van der Waals surface area contributed by atoms with E-state index in [-0.39, 0.29) is 6.10 Å². The van der Waals surface area contributed by atoms with Crippen LogP contribution in [0.3, 0.4) is 0 Å². The van der Waals surface area contributed by atoms with Crippen molar-refractivity contribution in [2.75, 3.05) is 31.7 Å². The standard InChI is InChI=1S/C29H36N8O3.C6H11NO/c1-20(15-32-19-31)40-26-13-21(7-8-22(26)14-30)23-16-33-28(34-17-23)35-25-18-37(24-5-3-2-4-6-24)36-27(25)39-12-11-29(38)9-10-29;1-2-6-4-8-3-5(1)7-6/h7-8,13,16-20,24,38H,2-6,9-12,15H2,1H3,(H2,31,32)(H,33,34,35);5-7H,1-4H2/t20-;/m0./s1. The van der Waals surface area contributed by atoms with Gasteiger partial charge in [0.2, 0.25) is 5.95 Å². The number of nitrogens with one attached hydrogen (secondary N) is 2. The number of aliphatic imine (C=N–C) groups is 1. The molecule has 2 aliphatic carbocycles. The molecule has 4 fully saturated rings. The van der Waals surface area contributed by atoms with Crippen LogP contribution >= 0.6 is 0 Å². The van der Waals surface area contributed by atoms with Crippen LogP contribution in [0.25, 0.3) is 11.1 Å². The highest BCUT2D eigenvalue weighted by atomic mass is 16.5. The molecule has 2 saturated carbocycles. The summed E-state index contributed by atoms with van der Waals surface area (Å²) in [5, 5.41) is 31.2. The fourth-order valence-electron chi connectivity index (χ4n) is 6.37.